The van der Waals surface area contributed by atoms with Crippen LogP contribution in [0.25, 0.3) is 22.5 Å². The number of hydrogen-bond acceptors (Lipinski definition) is 5. The van der Waals surface area contributed by atoms with Crippen molar-refractivity contribution in [2.24, 2.45) is 0 Å². The number of aromatic nitrogens is 4. The third kappa shape index (κ3) is 4.71. The molecule has 8 heteroatoms. The summed E-state index contributed by atoms with van der Waals surface area (Å²) in [6, 6.07) is 16.2. The minimum atomic E-state index is -3.12. The van der Waals surface area contributed by atoms with E-state index in [4.69, 9.17) is 0 Å². The maximum absolute atomic E-state index is 11.0. The molecule has 0 amide bonds. The second-order valence-corrected chi connectivity index (χ2v) is 7.60. The summed E-state index contributed by atoms with van der Waals surface area (Å²) in [6.07, 6.45) is 2.74. The fraction of sp³-hybridized carbons (Fsp3) is 0.235. The number of benzene rings is 2. The average Bonchev–Trinajstić information content (AvgIpc) is 3.13. The zero-order valence-corrected chi connectivity index (χ0v) is 14.6. The van der Waals surface area contributed by atoms with E-state index in [0.29, 0.717) is 12.4 Å². The van der Waals surface area contributed by atoms with Crippen LogP contribution in [0.3, 0.4) is 0 Å². The monoisotopic (exact) mass is 357 g/mol. The molecule has 130 valence electrons. The molecule has 0 aliphatic rings. The minimum absolute atomic E-state index is 0.446. The Kier molecular flexibility index (Phi) is 5.20. The van der Waals surface area contributed by atoms with Crippen molar-refractivity contribution in [3.63, 3.8) is 0 Å². The summed E-state index contributed by atoms with van der Waals surface area (Å²) in [5.41, 5.74) is 4.23. The van der Waals surface area contributed by atoms with E-state index in [-0.39, 0.29) is 0 Å². The standard InChI is InChI=1S/C17H19N5O2S/c1-25(23,24)18-12-4-5-13-8-10-14(11-9-13)15-6-2-3-7-16(15)17-19-21-22-20-17/h2-3,6-11,18H,4-5,12H2,1H3,(H,19,20,21,22). The SMILES string of the molecule is CS(=O)(=O)NCCCc1ccc(-c2ccccc2-c2nnn[nH]2)cc1. The third-order valence-corrected chi connectivity index (χ3v) is 4.53. The molecule has 25 heavy (non-hydrogen) atoms. The van der Waals surface area contributed by atoms with Gasteiger partial charge in [0, 0.05) is 12.1 Å². The van der Waals surface area contributed by atoms with Crippen LogP contribution in [0.1, 0.15) is 12.0 Å². The predicted octanol–water partition coefficient (Wildman–Crippen LogP) is 2.02. The second kappa shape index (κ2) is 7.54. The summed E-state index contributed by atoms with van der Waals surface area (Å²) in [5.74, 6) is 0.631. The summed E-state index contributed by atoms with van der Waals surface area (Å²) in [6.45, 7) is 0.446. The van der Waals surface area contributed by atoms with E-state index < -0.39 is 10.0 Å². The molecule has 3 rings (SSSR count). The lowest BCUT2D eigenvalue weighted by molar-refractivity contribution is 0.585. The maximum Gasteiger partial charge on any atom is 0.208 e. The van der Waals surface area contributed by atoms with Crippen LogP contribution >= 0.6 is 0 Å². The van der Waals surface area contributed by atoms with Crippen molar-refractivity contribution < 1.29 is 8.42 Å². The van der Waals surface area contributed by atoms with E-state index in [1.165, 1.54) is 6.26 Å². The van der Waals surface area contributed by atoms with Crippen LogP contribution in [0.2, 0.25) is 0 Å². The van der Waals surface area contributed by atoms with Gasteiger partial charge in [-0.3, -0.25) is 0 Å². The molecule has 7 nitrogen and oxygen atoms in total. The van der Waals surface area contributed by atoms with Gasteiger partial charge in [-0.25, -0.2) is 18.2 Å². The van der Waals surface area contributed by atoms with E-state index in [0.717, 1.165) is 35.1 Å². The third-order valence-electron chi connectivity index (χ3n) is 3.80. The Morgan fingerprint density at radius 3 is 2.40 bits per heavy atom. The normalized spacial score (nSPS) is 11.6. The number of aryl methyl sites for hydroxylation is 1. The molecule has 0 radical (unpaired) electrons. The Bertz CT molecular complexity index is 922. The number of sulfonamides is 1. The van der Waals surface area contributed by atoms with E-state index in [1.807, 2.05) is 24.3 Å². The molecule has 0 fully saturated rings. The van der Waals surface area contributed by atoms with E-state index in [9.17, 15) is 8.42 Å². The molecule has 0 saturated carbocycles. The highest BCUT2D eigenvalue weighted by Crippen LogP contribution is 2.29. The van der Waals surface area contributed by atoms with Crippen molar-refractivity contribution in [1.29, 1.82) is 0 Å². The van der Waals surface area contributed by atoms with Crippen molar-refractivity contribution >= 4 is 10.0 Å². The number of hydrogen-bond donors (Lipinski definition) is 2. The average molecular weight is 357 g/mol. The van der Waals surface area contributed by atoms with Gasteiger partial charge in [0.2, 0.25) is 10.0 Å². The summed E-state index contributed by atoms with van der Waals surface area (Å²) in [4.78, 5) is 0. The molecular weight excluding hydrogens is 338 g/mol. The first-order valence-corrected chi connectivity index (χ1v) is 9.79. The van der Waals surface area contributed by atoms with Crippen LogP contribution in [0.4, 0.5) is 0 Å². The van der Waals surface area contributed by atoms with Gasteiger partial charge in [-0.2, -0.15) is 0 Å². The summed E-state index contributed by atoms with van der Waals surface area (Å²) >= 11 is 0. The van der Waals surface area contributed by atoms with E-state index in [2.05, 4.69) is 49.6 Å². The second-order valence-electron chi connectivity index (χ2n) is 5.76. The molecule has 0 spiro atoms. The Hall–Kier alpha value is -2.58. The smallest absolute Gasteiger partial charge is 0.208 e. The van der Waals surface area contributed by atoms with Crippen molar-refractivity contribution in [2.75, 3.05) is 12.8 Å². The van der Waals surface area contributed by atoms with Crippen LogP contribution in [0, 0.1) is 0 Å². The molecule has 0 aliphatic heterocycles. The summed E-state index contributed by atoms with van der Waals surface area (Å²) in [7, 11) is -3.12. The minimum Gasteiger partial charge on any atom is -0.239 e. The van der Waals surface area contributed by atoms with Gasteiger partial charge < -0.3 is 0 Å². The first-order valence-electron chi connectivity index (χ1n) is 7.90. The van der Waals surface area contributed by atoms with Gasteiger partial charge in [-0.05, 0) is 40.0 Å². The lowest BCUT2D eigenvalue weighted by Gasteiger charge is -2.08. The number of rotatable bonds is 7. The maximum atomic E-state index is 11.0. The first-order chi connectivity index (χ1) is 12.0. The molecular formula is C17H19N5O2S. The summed E-state index contributed by atoms with van der Waals surface area (Å²) < 4.78 is 24.6. The van der Waals surface area contributed by atoms with Crippen molar-refractivity contribution in [1.82, 2.24) is 25.3 Å². The van der Waals surface area contributed by atoms with Crippen LogP contribution in [-0.4, -0.2) is 41.8 Å². The highest BCUT2D eigenvalue weighted by molar-refractivity contribution is 7.88. The van der Waals surface area contributed by atoms with Gasteiger partial charge in [-0.1, -0.05) is 48.5 Å². The zero-order valence-electron chi connectivity index (χ0n) is 13.8. The molecule has 1 heterocycles. The Labute approximate surface area is 146 Å². The van der Waals surface area contributed by atoms with Crippen LogP contribution < -0.4 is 4.72 Å². The molecule has 0 saturated heterocycles. The molecule has 0 atom stereocenters. The van der Waals surface area contributed by atoms with Gasteiger partial charge in [0.15, 0.2) is 5.82 Å². The molecule has 0 bridgehead atoms. The molecule has 0 unspecified atom stereocenters. The molecule has 2 N–H and O–H groups in total. The van der Waals surface area contributed by atoms with Gasteiger partial charge in [0.1, 0.15) is 0 Å². The van der Waals surface area contributed by atoms with Gasteiger partial charge in [-0.15, -0.1) is 5.10 Å². The van der Waals surface area contributed by atoms with Crippen LogP contribution in [-0.2, 0) is 16.4 Å². The number of H-pyrrole nitrogens is 1. The first kappa shape index (κ1) is 17.2. The quantitative estimate of drug-likeness (QED) is 0.630. The number of aromatic amines is 1. The highest BCUT2D eigenvalue weighted by Gasteiger charge is 2.09. The zero-order chi connectivity index (χ0) is 17.7. The lowest BCUT2D eigenvalue weighted by atomic mass is 9.97. The lowest BCUT2D eigenvalue weighted by Crippen LogP contribution is -2.23. The number of nitrogens with one attached hydrogen (secondary N) is 2. The fourth-order valence-corrected chi connectivity index (χ4v) is 3.13. The van der Waals surface area contributed by atoms with Crippen molar-refractivity contribution in [3.8, 4) is 22.5 Å². The topological polar surface area (TPSA) is 101 Å². The highest BCUT2D eigenvalue weighted by atomic mass is 32.2. The molecule has 3 aromatic rings. The van der Waals surface area contributed by atoms with Crippen molar-refractivity contribution in [3.05, 3.63) is 54.1 Å². The Balaban J connectivity index is 1.71. The van der Waals surface area contributed by atoms with Gasteiger partial charge in [0.25, 0.3) is 0 Å². The van der Waals surface area contributed by atoms with Gasteiger partial charge >= 0.3 is 0 Å². The van der Waals surface area contributed by atoms with Crippen molar-refractivity contribution in [2.45, 2.75) is 12.8 Å². The molecule has 0 aliphatic carbocycles. The Morgan fingerprint density at radius 2 is 1.76 bits per heavy atom. The number of tetrazole rings is 1. The number of nitrogens with zero attached hydrogens (tertiary/aromatic N) is 3. The molecule has 1 aromatic heterocycles. The Morgan fingerprint density at radius 1 is 1.04 bits per heavy atom. The van der Waals surface area contributed by atoms with Gasteiger partial charge in [0.05, 0.1) is 6.26 Å². The van der Waals surface area contributed by atoms with E-state index in [1.54, 1.807) is 0 Å². The summed E-state index contributed by atoms with van der Waals surface area (Å²) in [5, 5.41) is 14.1. The van der Waals surface area contributed by atoms with Crippen LogP contribution in [0.15, 0.2) is 48.5 Å². The fourth-order valence-electron chi connectivity index (χ4n) is 2.62. The molecule has 2 aromatic carbocycles. The van der Waals surface area contributed by atoms with Crippen LogP contribution in [0.5, 0.6) is 0 Å². The predicted molar refractivity (Wildman–Crippen MR) is 96.2 cm³/mol. The largest absolute Gasteiger partial charge is 0.239 e. The van der Waals surface area contributed by atoms with E-state index >= 15 is 0 Å².